The van der Waals surface area contributed by atoms with Gasteiger partial charge in [0.15, 0.2) is 0 Å². The van der Waals surface area contributed by atoms with E-state index in [-0.39, 0.29) is 30.1 Å². The molecule has 9 heteroatoms. The Morgan fingerprint density at radius 1 is 1.40 bits per heavy atom. The monoisotopic (exact) mass is 294 g/mol. The highest BCUT2D eigenvalue weighted by molar-refractivity contribution is 5.72. The van der Waals surface area contributed by atoms with E-state index in [9.17, 15) is 18.0 Å². The summed E-state index contributed by atoms with van der Waals surface area (Å²) < 4.78 is 50.1. The molecule has 0 saturated carbocycles. The van der Waals surface area contributed by atoms with Crippen molar-refractivity contribution in [2.45, 2.75) is 19.3 Å². The van der Waals surface area contributed by atoms with E-state index in [1.165, 1.54) is 7.11 Å². The summed E-state index contributed by atoms with van der Waals surface area (Å²) in [6, 6.07) is 0.955. The molecule has 1 aromatic rings. The molecule has 0 saturated heterocycles. The molecule has 1 aromatic heterocycles. The van der Waals surface area contributed by atoms with E-state index in [1.54, 1.807) is 0 Å². The second-order valence-electron chi connectivity index (χ2n) is 3.59. The number of rotatable bonds is 5. The van der Waals surface area contributed by atoms with Crippen LogP contribution < -0.4 is 15.2 Å². The number of methoxy groups -OCH3 is 2. The zero-order valence-corrected chi connectivity index (χ0v) is 10.8. The Balaban J connectivity index is 3.27. The Labute approximate surface area is 112 Å². The smallest absolute Gasteiger partial charge is 0.481 e. The number of carbonyl (C=O) groups excluding carboxylic acids is 1. The summed E-state index contributed by atoms with van der Waals surface area (Å²) >= 11 is 0. The van der Waals surface area contributed by atoms with E-state index in [0.717, 1.165) is 13.2 Å². The van der Waals surface area contributed by atoms with Crippen molar-refractivity contribution >= 4 is 5.97 Å². The summed E-state index contributed by atoms with van der Waals surface area (Å²) in [6.07, 6.45) is -5.23. The molecule has 0 radical (unpaired) electrons. The van der Waals surface area contributed by atoms with E-state index in [0.29, 0.717) is 0 Å². The largest absolute Gasteiger partial charge is 0.573 e. The van der Waals surface area contributed by atoms with Crippen LogP contribution in [0, 0.1) is 0 Å². The van der Waals surface area contributed by atoms with Gasteiger partial charge >= 0.3 is 12.3 Å². The van der Waals surface area contributed by atoms with Gasteiger partial charge in [-0.05, 0) is 0 Å². The maximum absolute atomic E-state index is 12.3. The number of nitrogens with two attached hydrogens (primary N) is 1. The van der Waals surface area contributed by atoms with E-state index in [2.05, 4.69) is 14.5 Å². The second-order valence-corrected chi connectivity index (χ2v) is 3.59. The van der Waals surface area contributed by atoms with Crippen molar-refractivity contribution in [3.8, 4) is 11.6 Å². The van der Waals surface area contributed by atoms with Gasteiger partial charge in [0.25, 0.3) is 0 Å². The fourth-order valence-electron chi connectivity index (χ4n) is 1.47. The lowest BCUT2D eigenvalue weighted by Gasteiger charge is -2.16. The molecule has 0 amide bonds. The summed E-state index contributed by atoms with van der Waals surface area (Å²) in [6.45, 7) is -0.283. The average molecular weight is 294 g/mol. The SMILES string of the molecule is COC(=O)Cc1nc(OC)cc(OC(F)(F)F)c1CN. The minimum atomic E-state index is -4.89. The Hall–Kier alpha value is -2.03. The van der Waals surface area contributed by atoms with Crippen molar-refractivity contribution < 1.29 is 32.2 Å². The van der Waals surface area contributed by atoms with Gasteiger partial charge in [0.05, 0.1) is 26.3 Å². The van der Waals surface area contributed by atoms with Crippen LogP contribution in [-0.4, -0.2) is 31.5 Å². The summed E-state index contributed by atoms with van der Waals surface area (Å²) in [5.41, 5.74) is 5.38. The number of esters is 1. The third-order valence-corrected chi connectivity index (χ3v) is 2.32. The predicted octanol–water partition coefficient (Wildman–Crippen LogP) is 1.16. The number of pyridine rings is 1. The number of halogens is 3. The third-order valence-electron chi connectivity index (χ3n) is 2.32. The van der Waals surface area contributed by atoms with Gasteiger partial charge in [-0.1, -0.05) is 0 Å². The van der Waals surface area contributed by atoms with Gasteiger partial charge in [-0.3, -0.25) is 4.79 Å². The summed E-state index contributed by atoms with van der Waals surface area (Å²) in [7, 11) is 2.38. The highest BCUT2D eigenvalue weighted by Crippen LogP contribution is 2.31. The molecule has 0 fully saturated rings. The molecule has 0 atom stereocenters. The standard InChI is InChI=1S/C11H13F3N2O4/c1-18-9-4-8(20-11(12,13)14)6(5-15)7(16-9)3-10(17)19-2/h4H,3,5,15H2,1-2H3. The lowest BCUT2D eigenvalue weighted by atomic mass is 10.1. The highest BCUT2D eigenvalue weighted by Gasteiger charge is 2.33. The number of ether oxygens (including phenoxy) is 3. The van der Waals surface area contributed by atoms with Crippen molar-refractivity contribution in [3.05, 3.63) is 17.3 Å². The van der Waals surface area contributed by atoms with Crippen LogP contribution in [0.3, 0.4) is 0 Å². The first-order chi connectivity index (χ1) is 9.30. The Morgan fingerprint density at radius 2 is 2.05 bits per heavy atom. The maximum atomic E-state index is 12.3. The van der Waals surface area contributed by atoms with Crippen LogP contribution in [0.1, 0.15) is 11.3 Å². The normalized spacial score (nSPS) is 11.1. The summed E-state index contributed by atoms with van der Waals surface area (Å²) in [4.78, 5) is 15.1. The van der Waals surface area contributed by atoms with E-state index in [4.69, 9.17) is 10.5 Å². The average Bonchev–Trinajstić information content (AvgIpc) is 2.36. The molecule has 0 aliphatic carbocycles. The molecule has 1 heterocycles. The lowest BCUT2D eigenvalue weighted by Crippen LogP contribution is -2.20. The molecule has 0 bridgehead atoms. The van der Waals surface area contributed by atoms with Crippen molar-refractivity contribution in [2.75, 3.05) is 14.2 Å². The first-order valence-electron chi connectivity index (χ1n) is 5.40. The van der Waals surface area contributed by atoms with Gasteiger partial charge in [0.1, 0.15) is 5.75 Å². The van der Waals surface area contributed by atoms with Gasteiger partial charge in [0.2, 0.25) is 5.88 Å². The lowest BCUT2D eigenvalue weighted by molar-refractivity contribution is -0.274. The zero-order valence-electron chi connectivity index (χ0n) is 10.8. The fraction of sp³-hybridized carbons (Fsp3) is 0.455. The maximum Gasteiger partial charge on any atom is 0.573 e. The van der Waals surface area contributed by atoms with Gasteiger partial charge in [-0.25, -0.2) is 4.98 Å². The van der Waals surface area contributed by atoms with E-state index >= 15 is 0 Å². The Bertz CT molecular complexity index is 491. The Kier molecular flexibility index (Phi) is 5.14. The van der Waals surface area contributed by atoms with Crippen LogP contribution in [0.25, 0.3) is 0 Å². The van der Waals surface area contributed by atoms with Crippen molar-refractivity contribution in [2.24, 2.45) is 5.73 Å². The first kappa shape index (κ1) is 16.0. The molecule has 2 N–H and O–H groups in total. The van der Waals surface area contributed by atoms with E-state index < -0.39 is 18.1 Å². The second kappa shape index (κ2) is 6.42. The number of hydrogen-bond donors (Lipinski definition) is 1. The van der Waals surface area contributed by atoms with Crippen LogP contribution in [0.15, 0.2) is 6.07 Å². The van der Waals surface area contributed by atoms with Crippen molar-refractivity contribution in [1.82, 2.24) is 4.98 Å². The number of hydrogen-bond acceptors (Lipinski definition) is 6. The molecule has 0 aliphatic heterocycles. The van der Waals surface area contributed by atoms with Gasteiger partial charge in [-0.2, -0.15) is 0 Å². The predicted molar refractivity (Wildman–Crippen MR) is 61.1 cm³/mol. The van der Waals surface area contributed by atoms with E-state index in [1.807, 2.05) is 0 Å². The molecular formula is C11H13F3N2O4. The fourth-order valence-corrected chi connectivity index (χ4v) is 1.47. The van der Waals surface area contributed by atoms with Crippen LogP contribution in [0.5, 0.6) is 11.6 Å². The third kappa shape index (κ3) is 4.26. The Morgan fingerprint density at radius 3 is 2.50 bits per heavy atom. The molecule has 1 rings (SSSR count). The summed E-state index contributed by atoms with van der Waals surface area (Å²) in [5.74, 6) is -1.34. The number of aromatic nitrogens is 1. The molecule has 20 heavy (non-hydrogen) atoms. The molecule has 0 unspecified atom stereocenters. The minimum Gasteiger partial charge on any atom is -0.481 e. The van der Waals surface area contributed by atoms with Gasteiger partial charge in [-0.15, -0.1) is 13.2 Å². The van der Waals surface area contributed by atoms with Gasteiger partial charge in [0, 0.05) is 18.2 Å². The van der Waals surface area contributed by atoms with Crippen LogP contribution >= 0.6 is 0 Å². The first-order valence-corrected chi connectivity index (χ1v) is 5.40. The highest BCUT2D eigenvalue weighted by atomic mass is 19.4. The minimum absolute atomic E-state index is 0.0120. The number of alkyl halides is 3. The molecule has 0 aliphatic rings. The molecule has 0 aromatic carbocycles. The van der Waals surface area contributed by atoms with Crippen LogP contribution in [0.2, 0.25) is 0 Å². The quantitative estimate of drug-likeness (QED) is 0.820. The van der Waals surface area contributed by atoms with Crippen LogP contribution in [0.4, 0.5) is 13.2 Å². The van der Waals surface area contributed by atoms with Gasteiger partial charge < -0.3 is 19.9 Å². The zero-order chi connectivity index (χ0) is 15.3. The molecule has 0 spiro atoms. The topological polar surface area (TPSA) is 83.7 Å². The molecular weight excluding hydrogens is 281 g/mol. The number of nitrogens with zero attached hydrogens (tertiary/aromatic N) is 1. The van der Waals surface area contributed by atoms with Crippen molar-refractivity contribution in [3.63, 3.8) is 0 Å². The molecule has 6 nitrogen and oxygen atoms in total. The van der Waals surface area contributed by atoms with Crippen molar-refractivity contribution in [1.29, 1.82) is 0 Å². The molecule has 112 valence electrons. The van der Waals surface area contributed by atoms with Crippen LogP contribution in [-0.2, 0) is 22.5 Å². The number of carbonyl (C=O) groups is 1. The summed E-state index contributed by atoms with van der Waals surface area (Å²) in [5, 5.41) is 0.